The van der Waals surface area contributed by atoms with Crippen molar-refractivity contribution in [2.45, 2.75) is 31.9 Å². The average Bonchev–Trinajstić information content (AvgIpc) is 3.87. The molecule has 0 bridgehead atoms. The zero-order valence-electron chi connectivity index (χ0n) is 23.7. The van der Waals surface area contributed by atoms with Gasteiger partial charge in [0.1, 0.15) is 5.69 Å². The van der Waals surface area contributed by atoms with Crippen LogP contribution in [0.5, 0.6) is 0 Å². The quantitative estimate of drug-likeness (QED) is 0.228. The molecule has 1 aliphatic rings. The summed E-state index contributed by atoms with van der Waals surface area (Å²) in [7, 11) is 1.64. The van der Waals surface area contributed by atoms with Crippen LogP contribution in [-0.2, 0) is 20.2 Å². The van der Waals surface area contributed by atoms with E-state index < -0.39 is 0 Å². The molecule has 0 atom stereocenters. The van der Waals surface area contributed by atoms with Crippen molar-refractivity contribution in [1.29, 1.82) is 0 Å². The number of aryl methyl sites for hydroxylation is 1. The monoisotopic (exact) mass is 573 g/mol. The maximum atomic E-state index is 13.1. The molecule has 216 valence electrons. The Morgan fingerprint density at radius 1 is 0.930 bits per heavy atom. The summed E-state index contributed by atoms with van der Waals surface area (Å²) in [6, 6.07) is 27.1. The minimum Gasteiger partial charge on any atom is -0.392 e. The number of aliphatic hydroxyl groups excluding tert-OH is 1. The lowest BCUT2D eigenvalue weighted by Gasteiger charge is -2.16. The smallest absolute Gasteiger partial charge is 0.274 e. The first-order valence-electron chi connectivity index (χ1n) is 14.1. The highest BCUT2D eigenvalue weighted by molar-refractivity contribution is 6.05. The first kappa shape index (κ1) is 27.9. The fraction of sp³-hybridized carbons (Fsp3) is 0.176. The van der Waals surface area contributed by atoms with Crippen LogP contribution < -0.4 is 21.8 Å². The maximum Gasteiger partial charge on any atom is 0.274 e. The molecule has 0 radical (unpaired) electrons. The van der Waals surface area contributed by atoms with Crippen molar-refractivity contribution in [1.82, 2.24) is 14.3 Å². The third-order valence-corrected chi connectivity index (χ3v) is 7.60. The second-order valence-electron chi connectivity index (χ2n) is 10.7. The third-order valence-electron chi connectivity index (χ3n) is 7.60. The SMILES string of the molecule is Cn1cc(-c2cccc(NC(=O)c3ccc(C4CC4)cc3)c2CO)cc(Nc2ccc(=O)n(Cc3ccccc3)n2)c1=O. The van der Waals surface area contributed by atoms with Gasteiger partial charge in [-0.05, 0) is 65.8 Å². The van der Waals surface area contributed by atoms with E-state index in [0.717, 1.165) is 5.56 Å². The third kappa shape index (κ3) is 6.17. The van der Waals surface area contributed by atoms with E-state index in [2.05, 4.69) is 15.7 Å². The Morgan fingerprint density at radius 2 is 1.70 bits per heavy atom. The van der Waals surface area contributed by atoms with Gasteiger partial charge < -0.3 is 20.3 Å². The molecule has 2 aromatic heterocycles. The van der Waals surface area contributed by atoms with Gasteiger partial charge in [0.25, 0.3) is 17.0 Å². The Labute approximate surface area is 248 Å². The number of hydrogen-bond donors (Lipinski definition) is 3. The Balaban J connectivity index is 1.28. The van der Waals surface area contributed by atoms with Crippen LogP contribution in [0.3, 0.4) is 0 Å². The van der Waals surface area contributed by atoms with Gasteiger partial charge in [-0.3, -0.25) is 14.4 Å². The molecule has 0 aliphatic heterocycles. The zero-order chi connectivity index (χ0) is 29.9. The van der Waals surface area contributed by atoms with Crippen LogP contribution in [0, 0.1) is 0 Å². The van der Waals surface area contributed by atoms with Crippen molar-refractivity contribution < 1.29 is 9.90 Å². The summed E-state index contributed by atoms with van der Waals surface area (Å²) < 4.78 is 2.77. The highest BCUT2D eigenvalue weighted by atomic mass is 16.3. The van der Waals surface area contributed by atoms with E-state index in [1.54, 1.807) is 31.4 Å². The van der Waals surface area contributed by atoms with Gasteiger partial charge in [-0.15, -0.1) is 0 Å². The van der Waals surface area contributed by atoms with Crippen LogP contribution >= 0.6 is 0 Å². The number of nitrogens with zero attached hydrogens (tertiary/aromatic N) is 3. The summed E-state index contributed by atoms with van der Waals surface area (Å²) in [4.78, 5) is 38.6. The Hall–Kier alpha value is -5.28. The standard InChI is InChI=1S/C34H31N5O4/c1-38-20-26(18-30(34(38)43)35-31-16-17-32(41)39(37-31)19-22-6-3-2-4-7-22)27-8-5-9-29(28(27)21-40)36-33(42)25-14-12-24(13-15-25)23-10-11-23/h2-9,12-18,20,23,40H,10-11,19,21H2,1H3,(H,35,37)(H,36,42). The van der Waals surface area contributed by atoms with Crippen molar-refractivity contribution in [3.63, 3.8) is 0 Å². The van der Waals surface area contributed by atoms with Gasteiger partial charge in [0, 0.05) is 41.7 Å². The van der Waals surface area contributed by atoms with Gasteiger partial charge in [0.15, 0.2) is 5.82 Å². The topological polar surface area (TPSA) is 118 Å². The van der Waals surface area contributed by atoms with Crippen molar-refractivity contribution in [3.8, 4) is 11.1 Å². The van der Waals surface area contributed by atoms with E-state index in [1.807, 2.05) is 60.7 Å². The van der Waals surface area contributed by atoms with E-state index in [4.69, 9.17) is 0 Å². The Kier molecular flexibility index (Phi) is 7.72. The summed E-state index contributed by atoms with van der Waals surface area (Å²) in [5, 5.41) is 20.8. The summed E-state index contributed by atoms with van der Waals surface area (Å²) >= 11 is 0. The number of carbonyl (C=O) groups excluding carboxylic acids is 1. The van der Waals surface area contributed by atoms with Gasteiger partial charge in [-0.2, -0.15) is 5.10 Å². The highest BCUT2D eigenvalue weighted by Crippen LogP contribution is 2.40. The van der Waals surface area contributed by atoms with Crippen LogP contribution in [0.2, 0.25) is 0 Å². The molecule has 1 fully saturated rings. The van der Waals surface area contributed by atoms with E-state index in [9.17, 15) is 19.5 Å². The molecule has 3 N–H and O–H groups in total. The van der Waals surface area contributed by atoms with Crippen LogP contribution in [-0.4, -0.2) is 25.4 Å². The fourth-order valence-corrected chi connectivity index (χ4v) is 5.13. The molecule has 1 aliphatic carbocycles. The molecule has 1 saturated carbocycles. The molecule has 43 heavy (non-hydrogen) atoms. The maximum absolute atomic E-state index is 13.1. The highest BCUT2D eigenvalue weighted by Gasteiger charge is 2.23. The van der Waals surface area contributed by atoms with E-state index in [1.165, 1.54) is 39.8 Å². The number of anilines is 3. The lowest BCUT2D eigenvalue weighted by Crippen LogP contribution is -2.24. The second-order valence-corrected chi connectivity index (χ2v) is 10.7. The Morgan fingerprint density at radius 3 is 2.42 bits per heavy atom. The lowest BCUT2D eigenvalue weighted by atomic mass is 9.99. The molecular weight excluding hydrogens is 542 g/mol. The summed E-state index contributed by atoms with van der Waals surface area (Å²) in [6.07, 6.45) is 4.06. The molecule has 0 spiro atoms. The fourth-order valence-electron chi connectivity index (χ4n) is 5.13. The summed E-state index contributed by atoms with van der Waals surface area (Å²) in [5.41, 5.74) is 4.70. The first-order chi connectivity index (χ1) is 20.9. The molecule has 0 saturated heterocycles. The number of carbonyl (C=O) groups is 1. The largest absolute Gasteiger partial charge is 0.392 e. The van der Waals surface area contributed by atoms with Gasteiger partial charge >= 0.3 is 0 Å². The number of hydrogen-bond acceptors (Lipinski definition) is 6. The molecule has 0 unspecified atom stereocenters. The predicted molar refractivity (Wildman–Crippen MR) is 167 cm³/mol. The normalized spacial score (nSPS) is 12.6. The molecule has 6 rings (SSSR count). The molecule has 5 aromatic rings. The molecule has 9 nitrogen and oxygen atoms in total. The van der Waals surface area contributed by atoms with Crippen LogP contribution in [0.25, 0.3) is 11.1 Å². The van der Waals surface area contributed by atoms with Crippen LogP contribution in [0.4, 0.5) is 17.2 Å². The number of aliphatic hydroxyl groups is 1. The number of rotatable bonds is 9. The minimum atomic E-state index is -0.329. The molecule has 2 heterocycles. The van der Waals surface area contributed by atoms with Gasteiger partial charge in [0.2, 0.25) is 0 Å². The van der Waals surface area contributed by atoms with Gasteiger partial charge in [-0.25, -0.2) is 4.68 Å². The van der Waals surface area contributed by atoms with E-state index in [0.29, 0.717) is 39.7 Å². The van der Waals surface area contributed by atoms with Crippen molar-refractivity contribution in [2.24, 2.45) is 7.05 Å². The number of nitrogens with one attached hydrogen (secondary N) is 2. The van der Waals surface area contributed by atoms with E-state index >= 15 is 0 Å². The summed E-state index contributed by atoms with van der Waals surface area (Å²) in [5.74, 6) is 0.669. The second kappa shape index (κ2) is 11.9. The van der Waals surface area contributed by atoms with Gasteiger partial charge in [0.05, 0.1) is 13.2 Å². The van der Waals surface area contributed by atoms with Crippen LogP contribution in [0.15, 0.2) is 107 Å². The molecule has 1 amide bonds. The Bertz CT molecular complexity index is 1910. The lowest BCUT2D eigenvalue weighted by molar-refractivity contribution is 0.102. The number of pyridine rings is 1. The number of aromatic nitrogens is 3. The number of amides is 1. The number of benzene rings is 3. The summed E-state index contributed by atoms with van der Waals surface area (Å²) in [6.45, 7) is -0.0414. The van der Waals surface area contributed by atoms with Crippen molar-refractivity contribution in [3.05, 3.63) is 140 Å². The van der Waals surface area contributed by atoms with E-state index in [-0.39, 0.29) is 35.9 Å². The molecule has 9 heteroatoms. The van der Waals surface area contributed by atoms with Gasteiger partial charge in [-0.1, -0.05) is 54.6 Å². The van der Waals surface area contributed by atoms with Crippen molar-refractivity contribution >= 4 is 23.1 Å². The minimum absolute atomic E-state index is 0.242. The molecular formula is C34H31N5O4. The van der Waals surface area contributed by atoms with Crippen molar-refractivity contribution in [2.75, 3.05) is 10.6 Å². The van der Waals surface area contributed by atoms with Crippen LogP contribution in [0.1, 0.15) is 45.8 Å². The molecule has 3 aromatic carbocycles. The first-order valence-corrected chi connectivity index (χ1v) is 14.1. The average molecular weight is 574 g/mol. The zero-order valence-corrected chi connectivity index (χ0v) is 23.7. The predicted octanol–water partition coefficient (Wildman–Crippen LogP) is 5.02.